The van der Waals surface area contributed by atoms with Crippen LogP contribution in [0.25, 0.3) is 0 Å². The van der Waals surface area contributed by atoms with Crippen molar-refractivity contribution in [1.29, 1.82) is 0 Å². The minimum Gasteiger partial charge on any atom is -0.494 e. The van der Waals surface area contributed by atoms with Crippen molar-refractivity contribution in [2.45, 2.75) is 32.6 Å². The van der Waals surface area contributed by atoms with E-state index in [1.807, 2.05) is 6.92 Å². The number of fused-ring (bicyclic) bond motifs is 1. The van der Waals surface area contributed by atoms with E-state index in [-0.39, 0.29) is 29.4 Å². The van der Waals surface area contributed by atoms with E-state index in [0.717, 1.165) is 17.7 Å². The van der Waals surface area contributed by atoms with Gasteiger partial charge in [-0.2, -0.15) is 0 Å². The van der Waals surface area contributed by atoms with Gasteiger partial charge in [-0.3, -0.25) is 24.1 Å². The predicted octanol–water partition coefficient (Wildman–Crippen LogP) is 1.99. The van der Waals surface area contributed by atoms with Gasteiger partial charge in [0.25, 0.3) is 0 Å². The molecule has 1 aromatic carbocycles. The average Bonchev–Trinajstić information content (AvgIpc) is 2.92. The first-order valence-corrected chi connectivity index (χ1v) is 9.28. The number of carbonyl (C=O) groups excluding carboxylic acids is 4. The quantitative estimate of drug-likeness (QED) is 0.412. The number of carbonyl (C=O) groups is 4. The van der Waals surface area contributed by atoms with Gasteiger partial charge in [-0.05, 0) is 44.0 Å². The van der Waals surface area contributed by atoms with E-state index < -0.39 is 19.1 Å². The van der Waals surface area contributed by atoms with Crippen molar-refractivity contribution in [3.05, 3.63) is 29.8 Å². The van der Waals surface area contributed by atoms with Gasteiger partial charge in [0.05, 0.1) is 18.4 Å². The van der Waals surface area contributed by atoms with E-state index in [0.29, 0.717) is 30.8 Å². The third-order valence-corrected chi connectivity index (χ3v) is 5.07. The van der Waals surface area contributed by atoms with Gasteiger partial charge in [0, 0.05) is 5.56 Å². The number of amides is 2. The van der Waals surface area contributed by atoms with Crippen LogP contribution in [0.4, 0.5) is 0 Å². The zero-order chi connectivity index (χ0) is 19.4. The summed E-state index contributed by atoms with van der Waals surface area (Å²) in [7, 11) is 0. The van der Waals surface area contributed by atoms with Gasteiger partial charge < -0.3 is 9.47 Å². The Kier molecular flexibility index (Phi) is 5.88. The Morgan fingerprint density at radius 1 is 1.04 bits per heavy atom. The number of hydrogen-bond acceptors (Lipinski definition) is 6. The molecule has 0 bridgehead atoms. The van der Waals surface area contributed by atoms with Crippen LogP contribution in [0.5, 0.6) is 5.75 Å². The van der Waals surface area contributed by atoms with Crippen molar-refractivity contribution in [2.24, 2.45) is 11.8 Å². The number of benzene rings is 1. The van der Waals surface area contributed by atoms with Gasteiger partial charge in [0.15, 0.2) is 12.4 Å². The van der Waals surface area contributed by atoms with E-state index >= 15 is 0 Å². The Labute approximate surface area is 157 Å². The molecule has 0 unspecified atom stereocenters. The summed E-state index contributed by atoms with van der Waals surface area (Å²) in [6, 6.07) is 6.53. The van der Waals surface area contributed by atoms with Crippen LogP contribution in [-0.4, -0.2) is 48.2 Å². The van der Waals surface area contributed by atoms with Crippen molar-refractivity contribution in [1.82, 2.24) is 4.90 Å². The molecule has 2 aliphatic rings. The molecule has 7 nitrogen and oxygen atoms in total. The minimum atomic E-state index is -0.755. The Bertz CT molecular complexity index is 717. The minimum absolute atomic E-state index is 0.292. The summed E-state index contributed by atoms with van der Waals surface area (Å²) in [5.41, 5.74) is 0.394. The van der Waals surface area contributed by atoms with Crippen LogP contribution >= 0.6 is 0 Å². The first-order valence-electron chi connectivity index (χ1n) is 9.28. The molecule has 0 aromatic heterocycles. The number of likely N-dealkylation sites (tertiary alicyclic amines) is 1. The molecule has 1 aromatic rings. The molecular formula is C20H23NO6. The molecule has 1 saturated heterocycles. The zero-order valence-electron chi connectivity index (χ0n) is 15.3. The Balaban J connectivity index is 1.51. The fraction of sp³-hybridized carbons (Fsp3) is 0.500. The van der Waals surface area contributed by atoms with Crippen LogP contribution in [0.3, 0.4) is 0 Å². The van der Waals surface area contributed by atoms with E-state index in [4.69, 9.17) is 9.47 Å². The maximum Gasteiger partial charge on any atom is 0.326 e. The molecule has 1 heterocycles. The van der Waals surface area contributed by atoms with E-state index in [9.17, 15) is 19.2 Å². The molecule has 1 aliphatic heterocycles. The van der Waals surface area contributed by atoms with E-state index in [1.165, 1.54) is 0 Å². The van der Waals surface area contributed by atoms with Gasteiger partial charge in [-0.15, -0.1) is 0 Å². The van der Waals surface area contributed by atoms with Crippen LogP contribution in [-0.2, 0) is 19.1 Å². The fourth-order valence-corrected chi connectivity index (χ4v) is 3.69. The van der Waals surface area contributed by atoms with Crippen LogP contribution in [0.2, 0.25) is 0 Å². The summed E-state index contributed by atoms with van der Waals surface area (Å²) in [6.07, 6.45) is 3.23. The van der Waals surface area contributed by atoms with Gasteiger partial charge in [-0.25, -0.2) is 0 Å². The lowest BCUT2D eigenvalue weighted by molar-refractivity contribution is -0.152. The Hall–Kier alpha value is -2.70. The standard InChI is InChI=1S/C20H23NO6/c1-2-26-14-9-7-13(8-10-14)17(22)12-27-18(23)11-21-19(24)15-5-3-4-6-16(15)20(21)25/h7-10,15-16H,2-6,11-12H2,1H3/t15-,16-/m1/s1. The monoisotopic (exact) mass is 373 g/mol. The molecule has 0 N–H and O–H groups in total. The molecule has 27 heavy (non-hydrogen) atoms. The van der Waals surface area contributed by atoms with Gasteiger partial charge in [-0.1, -0.05) is 12.8 Å². The lowest BCUT2D eigenvalue weighted by atomic mass is 9.81. The molecule has 1 aliphatic carbocycles. The topological polar surface area (TPSA) is 90.0 Å². The number of ether oxygens (including phenoxy) is 2. The predicted molar refractivity (Wildman–Crippen MR) is 95.1 cm³/mol. The maximum atomic E-state index is 12.3. The lowest BCUT2D eigenvalue weighted by Crippen LogP contribution is -2.37. The van der Waals surface area contributed by atoms with Gasteiger partial charge in [0.2, 0.25) is 11.8 Å². The molecule has 2 fully saturated rings. The number of imide groups is 1. The lowest BCUT2D eigenvalue weighted by Gasteiger charge is -2.19. The normalized spacial score (nSPS) is 21.7. The fourth-order valence-electron chi connectivity index (χ4n) is 3.69. The smallest absolute Gasteiger partial charge is 0.326 e. The molecule has 7 heteroatoms. The number of ketones is 1. The largest absolute Gasteiger partial charge is 0.494 e. The number of nitrogens with zero attached hydrogens (tertiary/aromatic N) is 1. The molecule has 0 spiro atoms. The molecule has 0 radical (unpaired) electrons. The molecule has 144 valence electrons. The summed E-state index contributed by atoms with van der Waals surface area (Å²) in [5, 5.41) is 0. The first kappa shape index (κ1) is 19.1. The number of hydrogen-bond donors (Lipinski definition) is 0. The molecule has 2 amide bonds. The summed E-state index contributed by atoms with van der Waals surface area (Å²) < 4.78 is 10.3. The van der Waals surface area contributed by atoms with E-state index in [1.54, 1.807) is 24.3 Å². The van der Waals surface area contributed by atoms with Crippen molar-refractivity contribution in [2.75, 3.05) is 19.8 Å². The summed E-state index contributed by atoms with van der Waals surface area (Å²) in [5.74, 6) is -1.65. The van der Waals surface area contributed by atoms with Crippen molar-refractivity contribution >= 4 is 23.6 Å². The van der Waals surface area contributed by atoms with Gasteiger partial charge in [0.1, 0.15) is 12.3 Å². The summed E-state index contributed by atoms with van der Waals surface area (Å²) in [4.78, 5) is 49.8. The molecule has 1 saturated carbocycles. The number of rotatable bonds is 7. The van der Waals surface area contributed by atoms with Crippen LogP contribution in [0, 0.1) is 11.8 Å². The third-order valence-electron chi connectivity index (χ3n) is 5.07. The maximum absolute atomic E-state index is 12.3. The first-order chi connectivity index (χ1) is 13.0. The highest BCUT2D eigenvalue weighted by molar-refractivity contribution is 6.07. The van der Waals surface area contributed by atoms with Crippen LogP contribution in [0.1, 0.15) is 43.0 Å². The van der Waals surface area contributed by atoms with Crippen molar-refractivity contribution in [3.8, 4) is 5.75 Å². The number of Topliss-reactive ketones (excluding diaryl/α,β-unsaturated/α-hetero) is 1. The zero-order valence-corrected chi connectivity index (χ0v) is 15.3. The average molecular weight is 373 g/mol. The highest BCUT2D eigenvalue weighted by atomic mass is 16.5. The van der Waals surface area contributed by atoms with Crippen molar-refractivity contribution in [3.63, 3.8) is 0 Å². The van der Waals surface area contributed by atoms with Crippen molar-refractivity contribution < 1.29 is 28.7 Å². The second kappa shape index (κ2) is 8.33. The summed E-state index contributed by atoms with van der Waals surface area (Å²) in [6.45, 7) is 1.53. The van der Waals surface area contributed by atoms with Crippen LogP contribution in [0.15, 0.2) is 24.3 Å². The number of esters is 1. The van der Waals surface area contributed by atoms with Gasteiger partial charge >= 0.3 is 5.97 Å². The molecule has 2 atom stereocenters. The highest BCUT2D eigenvalue weighted by Crippen LogP contribution is 2.37. The third kappa shape index (κ3) is 4.18. The highest BCUT2D eigenvalue weighted by Gasteiger charge is 2.48. The summed E-state index contributed by atoms with van der Waals surface area (Å²) >= 11 is 0. The Morgan fingerprint density at radius 3 is 2.19 bits per heavy atom. The van der Waals surface area contributed by atoms with Crippen LogP contribution < -0.4 is 4.74 Å². The van der Waals surface area contributed by atoms with E-state index in [2.05, 4.69) is 0 Å². The second-order valence-corrected chi connectivity index (χ2v) is 6.80. The molecule has 3 rings (SSSR count). The SMILES string of the molecule is CCOc1ccc(C(=O)COC(=O)CN2C(=O)[C@@H]3CCCC[C@H]3C2=O)cc1. The Morgan fingerprint density at radius 2 is 1.63 bits per heavy atom. The molecular weight excluding hydrogens is 350 g/mol. The second-order valence-electron chi connectivity index (χ2n) is 6.80.